The summed E-state index contributed by atoms with van der Waals surface area (Å²) in [4.78, 5) is 45.0. The van der Waals surface area contributed by atoms with Crippen LogP contribution in [0.5, 0.6) is 0 Å². The van der Waals surface area contributed by atoms with Gasteiger partial charge in [0.2, 0.25) is 0 Å². The molecule has 0 bridgehead atoms. The molecular weight excluding hydrogens is 560 g/mol. The zero-order valence-electron chi connectivity index (χ0n) is 25.2. The van der Waals surface area contributed by atoms with Gasteiger partial charge in [-0.05, 0) is 45.9 Å². The first-order valence-electron chi connectivity index (χ1n) is 15.1. The molecule has 0 unspecified atom stereocenters. The van der Waals surface area contributed by atoms with Crippen LogP contribution in [0.4, 0.5) is 0 Å². The van der Waals surface area contributed by atoms with Crippen molar-refractivity contribution >= 4 is 17.1 Å². The number of H-pyrrole nitrogens is 1. The number of ether oxygens (including phenoxy) is 1. The van der Waals surface area contributed by atoms with Crippen molar-refractivity contribution in [3.63, 3.8) is 0 Å². The molecule has 6 rings (SSSR count). The number of esters is 1. The molecule has 0 spiro atoms. The summed E-state index contributed by atoms with van der Waals surface area (Å²) in [5.41, 5.74) is 3.47. The number of benzene rings is 2. The molecule has 0 atom stereocenters. The summed E-state index contributed by atoms with van der Waals surface area (Å²) in [5, 5.41) is 14.4. The van der Waals surface area contributed by atoms with Gasteiger partial charge in [-0.3, -0.25) is 18.7 Å². The van der Waals surface area contributed by atoms with E-state index in [1.165, 1.54) is 16.2 Å². The molecule has 3 heterocycles. The van der Waals surface area contributed by atoms with Gasteiger partial charge in [0.1, 0.15) is 12.4 Å². The predicted octanol–water partition coefficient (Wildman–Crippen LogP) is 4.13. The van der Waals surface area contributed by atoms with E-state index in [1.54, 1.807) is 0 Å². The molecule has 12 heteroatoms. The van der Waals surface area contributed by atoms with Gasteiger partial charge in [-0.2, -0.15) is 0 Å². The lowest BCUT2D eigenvalue weighted by atomic mass is 9.88. The topological polar surface area (TPSA) is 143 Å². The second-order valence-electron chi connectivity index (χ2n) is 11.8. The number of nitrogens with one attached hydrogen (secondary N) is 1. The first kappa shape index (κ1) is 29.2. The van der Waals surface area contributed by atoms with E-state index < -0.39 is 11.7 Å². The maximum Gasteiger partial charge on any atom is 0.333 e. The lowest BCUT2D eigenvalue weighted by Crippen LogP contribution is -2.42. The molecule has 0 aliphatic heterocycles. The third-order valence-electron chi connectivity index (χ3n) is 8.31. The molecule has 1 aliphatic rings. The van der Waals surface area contributed by atoms with Crippen molar-refractivity contribution in [1.82, 2.24) is 39.3 Å². The smallest absolute Gasteiger partial charge is 0.333 e. The summed E-state index contributed by atoms with van der Waals surface area (Å²) in [6.07, 6.45) is 5.23. The van der Waals surface area contributed by atoms with Gasteiger partial charge in [0.25, 0.3) is 5.56 Å². The SMILES string of the molecule is COC(=O)Cn1c(=O)n(CC(C)C)c(=O)c2c1nc(C1CCCCC1)n2Cc1ccc(-c2ccccc2-c2nnn[nH]2)cc1. The van der Waals surface area contributed by atoms with Crippen LogP contribution in [-0.4, -0.2) is 52.4 Å². The summed E-state index contributed by atoms with van der Waals surface area (Å²) in [7, 11) is 1.28. The molecule has 1 aliphatic carbocycles. The number of fused-ring (bicyclic) bond motifs is 1. The summed E-state index contributed by atoms with van der Waals surface area (Å²) in [6, 6.07) is 16.1. The van der Waals surface area contributed by atoms with E-state index in [0.29, 0.717) is 17.9 Å². The minimum Gasteiger partial charge on any atom is -0.468 e. The van der Waals surface area contributed by atoms with Crippen LogP contribution in [0.2, 0.25) is 0 Å². The Bertz CT molecular complexity index is 1900. The van der Waals surface area contributed by atoms with Crippen molar-refractivity contribution in [2.24, 2.45) is 5.92 Å². The van der Waals surface area contributed by atoms with E-state index >= 15 is 0 Å². The molecule has 1 saturated carbocycles. The van der Waals surface area contributed by atoms with Gasteiger partial charge in [-0.15, -0.1) is 5.10 Å². The third kappa shape index (κ3) is 5.59. The van der Waals surface area contributed by atoms with Crippen molar-refractivity contribution in [3.8, 4) is 22.5 Å². The predicted molar refractivity (Wildman–Crippen MR) is 165 cm³/mol. The summed E-state index contributed by atoms with van der Waals surface area (Å²) in [5.74, 6) is 0.986. The highest BCUT2D eigenvalue weighted by atomic mass is 16.5. The van der Waals surface area contributed by atoms with Gasteiger partial charge in [0.05, 0.1) is 7.11 Å². The fourth-order valence-electron chi connectivity index (χ4n) is 6.19. The fraction of sp³-hybridized carbons (Fsp3) is 0.406. The fourth-order valence-corrected chi connectivity index (χ4v) is 6.19. The zero-order valence-corrected chi connectivity index (χ0v) is 25.2. The lowest BCUT2D eigenvalue weighted by Gasteiger charge is -2.22. The minimum atomic E-state index is -0.575. The lowest BCUT2D eigenvalue weighted by molar-refractivity contribution is -0.141. The monoisotopic (exact) mass is 596 g/mol. The Labute approximate surface area is 253 Å². The van der Waals surface area contributed by atoms with Gasteiger partial charge in [-0.1, -0.05) is 81.6 Å². The first-order chi connectivity index (χ1) is 21.4. The number of carbonyl (C=O) groups is 1. The molecule has 1 N–H and O–H groups in total. The largest absolute Gasteiger partial charge is 0.468 e. The van der Waals surface area contributed by atoms with Crippen LogP contribution < -0.4 is 11.2 Å². The minimum absolute atomic E-state index is 0.0433. The molecule has 0 radical (unpaired) electrons. The molecule has 1 fully saturated rings. The summed E-state index contributed by atoms with van der Waals surface area (Å²) in [6.45, 7) is 4.20. The number of nitrogens with zero attached hydrogens (tertiary/aromatic N) is 7. The normalized spacial score (nSPS) is 14.0. The maximum absolute atomic E-state index is 14.0. The van der Waals surface area contributed by atoms with Crippen LogP contribution in [0.25, 0.3) is 33.7 Å². The second kappa shape index (κ2) is 12.4. The highest BCUT2D eigenvalue weighted by molar-refractivity contribution is 5.80. The number of aromatic amines is 1. The first-order valence-corrected chi connectivity index (χ1v) is 15.1. The van der Waals surface area contributed by atoms with E-state index in [9.17, 15) is 14.4 Å². The number of hydrogen-bond acceptors (Lipinski definition) is 8. The van der Waals surface area contributed by atoms with E-state index in [-0.39, 0.29) is 36.1 Å². The van der Waals surface area contributed by atoms with Crippen molar-refractivity contribution in [2.75, 3.05) is 7.11 Å². The van der Waals surface area contributed by atoms with E-state index in [1.807, 2.05) is 66.9 Å². The Kier molecular flexibility index (Phi) is 8.23. The van der Waals surface area contributed by atoms with Gasteiger partial charge in [-0.25, -0.2) is 14.9 Å². The number of tetrazole rings is 1. The van der Waals surface area contributed by atoms with Gasteiger partial charge in [0.15, 0.2) is 17.0 Å². The molecule has 2 aromatic carbocycles. The highest BCUT2D eigenvalue weighted by Crippen LogP contribution is 2.34. The number of hydrogen-bond donors (Lipinski definition) is 1. The Hall–Kier alpha value is -4.87. The average molecular weight is 597 g/mol. The zero-order chi connectivity index (χ0) is 30.8. The number of aromatic nitrogens is 8. The van der Waals surface area contributed by atoms with E-state index in [2.05, 4.69) is 20.6 Å². The highest BCUT2D eigenvalue weighted by Gasteiger charge is 2.28. The van der Waals surface area contributed by atoms with Crippen LogP contribution >= 0.6 is 0 Å². The Morgan fingerprint density at radius 1 is 0.977 bits per heavy atom. The molecule has 44 heavy (non-hydrogen) atoms. The van der Waals surface area contributed by atoms with Crippen LogP contribution in [0.1, 0.15) is 63.3 Å². The Morgan fingerprint density at radius 2 is 1.70 bits per heavy atom. The number of imidazole rings is 1. The molecule has 3 aromatic heterocycles. The van der Waals surface area contributed by atoms with Gasteiger partial charge < -0.3 is 9.30 Å². The molecule has 12 nitrogen and oxygen atoms in total. The van der Waals surface area contributed by atoms with Gasteiger partial charge >= 0.3 is 11.7 Å². The number of rotatable bonds is 9. The quantitative estimate of drug-likeness (QED) is 0.250. The van der Waals surface area contributed by atoms with Crippen LogP contribution in [-0.2, 0) is 29.2 Å². The van der Waals surface area contributed by atoms with Crippen LogP contribution in [0.3, 0.4) is 0 Å². The Morgan fingerprint density at radius 3 is 2.36 bits per heavy atom. The molecule has 0 amide bonds. The second-order valence-corrected chi connectivity index (χ2v) is 11.8. The number of methoxy groups -OCH3 is 1. The van der Waals surface area contributed by atoms with Gasteiger partial charge in [0, 0.05) is 24.6 Å². The van der Waals surface area contributed by atoms with Crippen LogP contribution in [0.15, 0.2) is 58.1 Å². The van der Waals surface area contributed by atoms with Crippen molar-refractivity contribution in [1.29, 1.82) is 0 Å². The average Bonchev–Trinajstić information content (AvgIpc) is 3.71. The van der Waals surface area contributed by atoms with Crippen molar-refractivity contribution in [2.45, 2.75) is 71.5 Å². The summed E-state index contributed by atoms with van der Waals surface area (Å²) >= 11 is 0. The molecule has 5 aromatic rings. The third-order valence-corrected chi connectivity index (χ3v) is 8.31. The van der Waals surface area contributed by atoms with Crippen molar-refractivity contribution in [3.05, 3.63) is 80.8 Å². The maximum atomic E-state index is 14.0. The van der Waals surface area contributed by atoms with E-state index in [0.717, 1.165) is 60.2 Å². The number of carbonyl (C=O) groups excluding carboxylic acids is 1. The van der Waals surface area contributed by atoms with E-state index in [4.69, 9.17) is 9.72 Å². The van der Waals surface area contributed by atoms with Crippen LogP contribution in [0, 0.1) is 5.92 Å². The standard InChI is InChI=1S/C32H36N8O4/c1-20(2)17-40-31(42)27-30(39(32(40)43)19-26(41)44-3)33-29(23-9-5-4-6-10-23)38(27)18-21-13-15-22(16-14-21)24-11-7-8-12-25(24)28-34-36-37-35-28/h7-8,11-16,20,23H,4-6,9-10,17-19H2,1-3H3,(H,34,35,36,37). The molecule has 228 valence electrons. The summed E-state index contributed by atoms with van der Waals surface area (Å²) < 4.78 is 9.41. The van der Waals surface area contributed by atoms with Crippen molar-refractivity contribution < 1.29 is 9.53 Å². The molecular formula is C32H36N8O4. The molecule has 0 saturated heterocycles. The Balaban J connectivity index is 1.48.